The molecule has 0 N–H and O–H groups in total. The summed E-state index contributed by atoms with van der Waals surface area (Å²) >= 11 is 6.87. The van der Waals surface area contributed by atoms with Gasteiger partial charge in [0.15, 0.2) is 0 Å². The van der Waals surface area contributed by atoms with Gasteiger partial charge in [-0.1, -0.05) is 30.9 Å². The molecular formula is C19H35ClPPd+. The van der Waals surface area contributed by atoms with Crippen molar-refractivity contribution in [1.29, 1.82) is 0 Å². The molecule has 3 saturated carbocycles. The zero-order valence-electron chi connectivity index (χ0n) is 14.2. The summed E-state index contributed by atoms with van der Waals surface area (Å²) in [5.74, 6) is 0. The van der Waals surface area contributed by atoms with E-state index >= 15 is 0 Å². The van der Waals surface area contributed by atoms with Crippen LogP contribution in [0.2, 0.25) is 0 Å². The quantitative estimate of drug-likeness (QED) is 0.249. The van der Waals surface area contributed by atoms with Crippen LogP contribution in [0.4, 0.5) is 0 Å². The summed E-state index contributed by atoms with van der Waals surface area (Å²) in [6.07, 6.45) is 22.7. The van der Waals surface area contributed by atoms with Crippen LogP contribution in [0, 0.1) is 0 Å². The SMILES string of the molecule is ClC[P+](C1CCCCC1)(C1CCCCC1)C1CCCCC1.[Pd]. The van der Waals surface area contributed by atoms with E-state index in [0.717, 1.165) is 22.6 Å². The fraction of sp³-hybridized carbons (Fsp3) is 1.00. The zero-order valence-corrected chi connectivity index (χ0v) is 17.4. The summed E-state index contributed by atoms with van der Waals surface area (Å²) in [5, 5.41) is 0. The molecule has 3 heteroatoms. The molecule has 0 aromatic heterocycles. The Balaban J connectivity index is 0.00000176. The van der Waals surface area contributed by atoms with Gasteiger partial charge in [-0.3, -0.25) is 0 Å². The summed E-state index contributed by atoms with van der Waals surface area (Å²) in [5.41, 5.74) is 4.27. The average molecular weight is 436 g/mol. The van der Waals surface area contributed by atoms with E-state index < -0.39 is 7.26 Å². The summed E-state index contributed by atoms with van der Waals surface area (Å²) in [6.45, 7) is 0. The minimum Gasteiger partial charge on any atom is -0.0821 e. The molecule has 132 valence electrons. The van der Waals surface area contributed by atoms with Crippen molar-refractivity contribution in [2.75, 3.05) is 5.62 Å². The van der Waals surface area contributed by atoms with E-state index in [1.54, 1.807) is 0 Å². The molecule has 0 aromatic carbocycles. The Morgan fingerprint density at radius 2 is 0.818 bits per heavy atom. The van der Waals surface area contributed by atoms with Crippen molar-refractivity contribution >= 4 is 18.9 Å². The first-order chi connectivity index (χ1) is 10.4. The van der Waals surface area contributed by atoms with Crippen LogP contribution in [0.25, 0.3) is 0 Å². The summed E-state index contributed by atoms with van der Waals surface area (Å²) in [4.78, 5) is 0. The first kappa shape index (κ1) is 19.7. The molecule has 0 atom stereocenters. The fourth-order valence-corrected chi connectivity index (χ4v) is 14.0. The minimum atomic E-state index is -0.938. The van der Waals surface area contributed by atoms with Gasteiger partial charge in [-0.05, 0) is 77.0 Å². The van der Waals surface area contributed by atoms with E-state index in [2.05, 4.69) is 0 Å². The third kappa shape index (κ3) is 4.13. The maximum Gasteiger partial charge on any atom is 0.133 e. The Morgan fingerprint density at radius 1 is 0.545 bits per heavy atom. The molecule has 3 aliphatic carbocycles. The molecule has 0 aliphatic heterocycles. The minimum absolute atomic E-state index is 0. The first-order valence-corrected chi connectivity index (χ1v) is 12.5. The van der Waals surface area contributed by atoms with Gasteiger partial charge in [-0.15, -0.1) is 0 Å². The van der Waals surface area contributed by atoms with Crippen molar-refractivity contribution in [3.63, 3.8) is 0 Å². The van der Waals surface area contributed by atoms with Gasteiger partial charge >= 0.3 is 0 Å². The normalized spacial score (nSPS) is 26.6. The summed E-state index contributed by atoms with van der Waals surface area (Å²) < 4.78 is 0. The van der Waals surface area contributed by atoms with Gasteiger partial charge in [0.05, 0.1) is 17.0 Å². The zero-order chi connectivity index (χ0) is 14.5. The molecule has 0 heterocycles. The molecule has 0 saturated heterocycles. The van der Waals surface area contributed by atoms with Gasteiger partial charge < -0.3 is 0 Å². The smallest absolute Gasteiger partial charge is 0.0821 e. The molecule has 0 aromatic rings. The molecule has 0 unspecified atom stereocenters. The van der Waals surface area contributed by atoms with Gasteiger partial charge in [0.2, 0.25) is 0 Å². The Bertz CT molecular complexity index is 259. The fourth-order valence-electron chi connectivity index (χ4n) is 5.87. The van der Waals surface area contributed by atoms with Crippen molar-refractivity contribution in [2.24, 2.45) is 0 Å². The molecule has 0 amide bonds. The van der Waals surface area contributed by atoms with Crippen molar-refractivity contribution in [2.45, 2.75) is 113 Å². The van der Waals surface area contributed by atoms with Crippen LogP contribution in [-0.4, -0.2) is 22.6 Å². The van der Waals surface area contributed by atoms with E-state index in [1.807, 2.05) is 0 Å². The van der Waals surface area contributed by atoms with Crippen LogP contribution < -0.4 is 0 Å². The number of alkyl halides is 1. The summed E-state index contributed by atoms with van der Waals surface area (Å²) in [6, 6.07) is 0. The van der Waals surface area contributed by atoms with Crippen molar-refractivity contribution in [3.8, 4) is 0 Å². The van der Waals surface area contributed by atoms with Gasteiger partial charge in [0, 0.05) is 27.7 Å². The number of rotatable bonds is 4. The van der Waals surface area contributed by atoms with Crippen LogP contribution in [-0.2, 0) is 20.4 Å². The van der Waals surface area contributed by atoms with E-state index in [4.69, 9.17) is 11.6 Å². The first-order valence-electron chi connectivity index (χ1n) is 9.81. The largest absolute Gasteiger partial charge is 0.133 e. The number of hydrogen-bond acceptors (Lipinski definition) is 0. The van der Waals surface area contributed by atoms with Crippen LogP contribution >= 0.6 is 18.9 Å². The second kappa shape index (κ2) is 9.76. The van der Waals surface area contributed by atoms with Gasteiger partial charge in [0.1, 0.15) is 5.62 Å². The third-order valence-electron chi connectivity index (χ3n) is 6.97. The van der Waals surface area contributed by atoms with Crippen LogP contribution in [0.5, 0.6) is 0 Å². The molecule has 3 aliphatic rings. The number of hydrogen-bond donors (Lipinski definition) is 0. The van der Waals surface area contributed by atoms with E-state index in [-0.39, 0.29) is 20.4 Å². The van der Waals surface area contributed by atoms with E-state index in [9.17, 15) is 0 Å². The van der Waals surface area contributed by atoms with E-state index in [0.29, 0.717) is 0 Å². The molecule has 0 nitrogen and oxygen atoms in total. The third-order valence-corrected chi connectivity index (χ3v) is 14.3. The van der Waals surface area contributed by atoms with E-state index in [1.165, 1.54) is 96.3 Å². The molecule has 0 bridgehead atoms. The monoisotopic (exact) mass is 435 g/mol. The maximum atomic E-state index is 6.87. The Morgan fingerprint density at radius 3 is 1.05 bits per heavy atom. The maximum absolute atomic E-state index is 6.87. The summed E-state index contributed by atoms with van der Waals surface area (Å²) in [7, 11) is -0.938. The van der Waals surface area contributed by atoms with Crippen LogP contribution in [0.15, 0.2) is 0 Å². The van der Waals surface area contributed by atoms with Crippen LogP contribution in [0.1, 0.15) is 96.3 Å². The Hall–Kier alpha value is 1.38. The predicted molar refractivity (Wildman–Crippen MR) is 98.3 cm³/mol. The topological polar surface area (TPSA) is 0 Å². The molecule has 3 fully saturated rings. The van der Waals surface area contributed by atoms with Crippen LogP contribution in [0.3, 0.4) is 0 Å². The molecular weight excluding hydrogens is 401 g/mol. The standard InChI is InChI=1S/C19H35ClP.Pd/c20-16-21(17-10-4-1-5-11-17,18-12-6-2-7-13-18)19-14-8-3-9-15-19;/h17-19H,1-16H2;/q+1;. The second-order valence-corrected chi connectivity index (χ2v) is 13.1. The molecule has 0 spiro atoms. The average Bonchev–Trinajstić information content (AvgIpc) is 2.59. The predicted octanol–water partition coefficient (Wildman–Crippen LogP) is 7.20. The van der Waals surface area contributed by atoms with Crippen molar-refractivity contribution < 1.29 is 20.4 Å². The van der Waals surface area contributed by atoms with Gasteiger partial charge in [-0.2, -0.15) is 0 Å². The molecule has 3 rings (SSSR count). The Labute approximate surface area is 157 Å². The Kier molecular flexibility index (Phi) is 8.74. The van der Waals surface area contributed by atoms with Crippen molar-refractivity contribution in [3.05, 3.63) is 0 Å². The molecule has 22 heavy (non-hydrogen) atoms. The van der Waals surface area contributed by atoms with Crippen molar-refractivity contribution in [1.82, 2.24) is 0 Å². The second-order valence-electron chi connectivity index (χ2n) is 7.99. The number of halogens is 1. The van der Waals surface area contributed by atoms with Gasteiger partial charge in [-0.25, -0.2) is 0 Å². The molecule has 0 radical (unpaired) electrons. The van der Waals surface area contributed by atoms with Gasteiger partial charge in [0.25, 0.3) is 0 Å².